The molecular formula is C17H23NO4. The Balaban J connectivity index is 1.35. The number of ether oxygens (including phenoxy) is 4. The molecule has 0 aliphatic carbocycles. The Hall–Kier alpha value is -1.30. The molecule has 0 aromatic heterocycles. The van der Waals surface area contributed by atoms with Gasteiger partial charge in [-0.15, -0.1) is 0 Å². The molecule has 0 unspecified atom stereocenters. The van der Waals surface area contributed by atoms with E-state index in [9.17, 15) is 0 Å². The van der Waals surface area contributed by atoms with Crippen molar-refractivity contribution >= 4 is 0 Å². The third-order valence-electron chi connectivity index (χ3n) is 4.95. The van der Waals surface area contributed by atoms with E-state index in [0.717, 1.165) is 57.4 Å². The van der Waals surface area contributed by atoms with Gasteiger partial charge in [-0.1, -0.05) is 6.07 Å². The van der Waals surface area contributed by atoms with Crippen molar-refractivity contribution in [2.24, 2.45) is 5.92 Å². The molecule has 1 aromatic carbocycles. The fourth-order valence-electron chi connectivity index (χ4n) is 3.75. The van der Waals surface area contributed by atoms with Crippen LogP contribution in [0, 0.1) is 5.92 Å². The standard InChI is InChI=1S/C17H23NO4/c1-2-19-9-14-5-6-22-17(14)10-18(11-17)8-13-3-4-15-16(7-13)21-12-20-15/h3-4,7,14H,2,5-6,8-12H2,1H3/t14-/m0/s1. The van der Waals surface area contributed by atoms with E-state index in [4.69, 9.17) is 18.9 Å². The van der Waals surface area contributed by atoms with E-state index in [0.29, 0.717) is 12.7 Å². The van der Waals surface area contributed by atoms with Gasteiger partial charge in [-0.3, -0.25) is 4.90 Å². The van der Waals surface area contributed by atoms with Gasteiger partial charge in [-0.05, 0) is 31.0 Å². The lowest BCUT2D eigenvalue weighted by Crippen LogP contribution is -2.64. The minimum atomic E-state index is 0.0332. The largest absolute Gasteiger partial charge is 0.454 e. The molecule has 1 atom stereocenters. The highest BCUT2D eigenvalue weighted by Crippen LogP contribution is 2.41. The molecule has 3 aliphatic heterocycles. The lowest BCUT2D eigenvalue weighted by molar-refractivity contribution is -0.145. The zero-order valence-corrected chi connectivity index (χ0v) is 13.0. The van der Waals surface area contributed by atoms with Crippen molar-refractivity contribution in [3.8, 4) is 11.5 Å². The van der Waals surface area contributed by atoms with Gasteiger partial charge in [0.1, 0.15) is 0 Å². The number of hydrogen-bond acceptors (Lipinski definition) is 5. The first-order valence-electron chi connectivity index (χ1n) is 8.12. The van der Waals surface area contributed by atoms with Crippen LogP contribution in [0.2, 0.25) is 0 Å². The SMILES string of the molecule is CCOC[C@@H]1CCOC12CN(Cc1ccc3c(c1)OCO3)C2. The van der Waals surface area contributed by atoms with Crippen LogP contribution in [0.4, 0.5) is 0 Å². The van der Waals surface area contributed by atoms with E-state index in [1.165, 1.54) is 5.56 Å². The molecule has 3 heterocycles. The fourth-order valence-corrected chi connectivity index (χ4v) is 3.75. The van der Waals surface area contributed by atoms with Crippen LogP contribution in [0.15, 0.2) is 18.2 Å². The Morgan fingerprint density at radius 1 is 1.27 bits per heavy atom. The van der Waals surface area contributed by atoms with Crippen molar-refractivity contribution in [3.05, 3.63) is 23.8 Å². The van der Waals surface area contributed by atoms with E-state index >= 15 is 0 Å². The number of fused-ring (bicyclic) bond motifs is 1. The maximum absolute atomic E-state index is 6.06. The maximum atomic E-state index is 6.06. The summed E-state index contributed by atoms with van der Waals surface area (Å²) in [5.41, 5.74) is 1.30. The zero-order valence-electron chi connectivity index (χ0n) is 13.0. The third kappa shape index (κ3) is 2.47. The Labute approximate surface area is 131 Å². The Kier molecular flexibility index (Phi) is 3.72. The highest BCUT2D eigenvalue weighted by atomic mass is 16.7. The van der Waals surface area contributed by atoms with Crippen LogP contribution in [-0.2, 0) is 16.0 Å². The molecule has 1 aromatic rings. The van der Waals surface area contributed by atoms with Gasteiger partial charge >= 0.3 is 0 Å². The van der Waals surface area contributed by atoms with Crippen molar-refractivity contribution in [2.45, 2.75) is 25.5 Å². The monoisotopic (exact) mass is 305 g/mol. The fraction of sp³-hybridized carbons (Fsp3) is 0.647. The summed E-state index contributed by atoms with van der Waals surface area (Å²) in [6.07, 6.45) is 1.12. The predicted molar refractivity (Wildman–Crippen MR) is 81.1 cm³/mol. The predicted octanol–water partition coefficient (Wildman–Crippen LogP) is 2.04. The Morgan fingerprint density at radius 2 is 2.14 bits per heavy atom. The molecule has 5 heteroatoms. The third-order valence-corrected chi connectivity index (χ3v) is 4.95. The molecule has 0 N–H and O–H groups in total. The molecule has 2 saturated heterocycles. The Bertz CT molecular complexity index is 541. The second-order valence-electron chi connectivity index (χ2n) is 6.39. The van der Waals surface area contributed by atoms with E-state index in [1.54, 1.807) is 0 Å². The Morgan fingerprint density at radius 3 is 3.00 bits per heavy atom. The van der Waals surface area contributed by atoms with Crippen LogP contribution in [-0.4, -0.2) is 50.2 Å². The molecule has 5 nitrogen and oxygen atoms in total. The summed E-state index contributed by atoms with van der Waals surface area (Å²) in [5.74, 6) is 2.25. The molecule has 3 aliphatic rings. The molecule has 0 saturated carbocycles. The van der Waals surface area contributed by atoms with Gasteiger partial charge in [0.15, 0.2) is 11.5 Å². The summed E-state index contributed by atoms with van der Waals surface area (Å²) in [7, 11) is 0. The van der Waals surface area contributed by atoms with Crippen LogP contribution in [0.5, 0.6) is 11.5 Å². The van der Waals surface area contributed by atoms with Gasteiger partial charge in [0.05, 0.1) is 12.2 Å². The minimum absolute atomic E-state index is 0.0332. The van der Waals surface area contributed by atoms with Crippen LogP contribution in [0.1, 0.15) is 18.9 Å². The van der Waals surface area contributed by atoms with Crippen molar-refractivity contribution in [2.75, 3.05) is 39.7 Å². The number of benzene rings is 1. The summed E-state index contributed by atoms with van der Waals surface area (Å²) < 4.78 is 22.5. The van der Waals surface area contributed by atoms with Gasteiger partial charge in [0.25, 0.3) is 0 Å². The lowest BCUT2D eigenvalue weighted by Gasteiger charge is -2.50. The topological polar surface area (TPSA) is 40.2 Å². The van der Waals surface area contributed by atoms with Gasteiger partial charge in [-0.2, -0.15) is 0 Å². The van der Waals surface area contributed by atoms with E-state index < -0.39 is 0 Å². The van der Waals surface area contributed by atoms with Gasteiger partial charge < -0.3 is 18.9 Å². The van der Waals surface area contributed by atoms with Crippen molar-refractivity contribution in [1.29, 1.82) is 0 Å². The summed E-state index contributed by atoms with van der Waals surface area (Å²) in [6.45, 7) is 7.80. The molecule has 2 fully saturated rings. The second kappa shape index (κ2) is 5.72. The van der Waals surface area contributed by atoms with Crippen LogP contribution in [0.25, 0.3) is 0 Å². The summed E-state index contributed by atoms with van der Waals surface area (Å²) in [5, 5.41) is 0. The van der Waals surface area contributed by atoms with Gasteiger partial charge in [0.2, 0.25) is 6.79 Å². The average molecular weight is 305 g/mol. The lowest BCUT2D eigenvalue weighted by atomic mass is 9.81. The molecule has 4 rings (SSSR count). The van der Waals surface area contributed by atoms with Gasteiger partial charge in [-0.25, -0.2) is 0 Å². The number of nitrogens with zero attached hydrogens (tertiary/aromatic N) is 1. The highest BCUT2D eigenvalue weighted by molar-refractivity contribution is 5.44. The average Bonchev–Trinajstić information content (AvgIpc) is 3.10. The van der Waals surface area contributed by atoms with Crippen LogP contribution in [0.3, 0.4) is 0 Å². The first kappa shape index (κ1) is 14.3. The molecule has 1 spiro atoms. The molecule has 0 radical (unpaired) electrons. The first-order chi connectivity index (χ1) is 10.8. The summed E-state index contributed by atoms with van der Waals surface area (Å²) >= 11 is 0. The quantitative estimate of drug-likeness (QED) is 0.832. The van der Waals surface area contributed by atoms with Gasteiger partial charge in [0, 0.05) is 38.8 Å². The zero-order chi connectivity index (χ0) is 15.0. The normalized spacial score (nSPS) is 25.6. The summed E-state index contributed by atoms with van der Waals surface area (Å²) in [6, 6.07) is 6.20. The highest BCUT2D eigenvalue weighted by Gasteiger charge is 2.52. The number of likely N-dealkylation sites (tertiary alicyclic amines) is 1. The van der Waals surface area contributed by atoms with Crippen LogP contribution >= 0.6 is 0 Å². The molecular weight excluding hydrogens is 282 g/mol. The minimum Gasteiger partial charge on any atom is -0.454 e. The van der Waals surface area contributed by atoms with Crippen LogP contribution < -0.4 is 9.47 Å². The number of rotatable bonds is 5. The number of hydrogen-bond donors (Lipinski definition) is 0. The molecule has 120 valence electrons. The molecule has 0 amide bonds. The van der Waals surface area contributed by atoms with Crippen molar-refractivity contribution in [1.82, 2.24) is 4.90 Å². The second-order valence-corrected chi connectivity index (χ2v) is 6.39. The van der Waals surface area contributed by atoms with Crippen molar-refractivity contribution < 1.29 is 18.9 Å². The maximum Gasteiger partial charge on any atom is 0.231 e. The van der Waals surface area contributed by atoms with E-state index in [-0.39, 0.29) is 5.60 Å². The van der Waals surface area contributed by atoms with E-state index in [1.807, 2.05) is 6.07 Å². The van der Waals surface area contributed by atoms with Crippen molar-refractivity contribution in [3.63, 3.8) is 0 Å². The first-order valence-corrected chi connectivity index (χ1v) is 8.12. The van der Waals surface area contributed by atoms with E-state index in [2.05, 4.69) is 24.0 Å². The smallest absolute Gasteiger partial charge is 0.231 e. The molecule has 0 bridgehead atoms. The summed E-state index contributed by atoms with van der Waals surface area (Å²) in [4.78, 5) is 2.43. The molecule has 22 heavy (non-hydrogen) atoms.